The molecule has 0 fully saturated rings. The number of nitro groups is 1. The van der Waals surface area contributed by atoms with Crippen molar-refractivity contribution in [2.45, 2.75) is 13.8 Å². The fourth-order valence-electron chi connectivity index (χ4n) is 1.32. The summed E-state index contributed by atoms with van der Waals surface area (Å²) in [6.45, 7) is 3.21. The average Bonchev–Trinajstić information content (AvgIpc) is 2.32. The number of rotatable bonds is 3. The van der Waals surface area contributed by atoms with Crippen molar-refractivity contribution in [1.82, 2.24) is 0 Å². The van der Waals surface area contributed by atoms with E-state index < -0.39 is 16.8 Å². The van der Waals surface area contributed by atoms with Crippen molar-refractivity contribution in [2.24, 2.45) is 0 Å². The Kier molecular flexibility index (Phi) is 4.99. The van der Waals surface area contributed by atoms with Crippen molar-refractivity contribution in [3.05, 3.63) is 32.3 Å². The fraction of sp³-hybridized carbons (Fsp3) is 0.273. The molecule has 0 saturated carbocycles. The number of amides is 1. The highest BCUT2D eigenvalue weighted by atomic mass is 79.9. The number of benzene rings is 1. The normalized spacial score (nSPS) is 9.84. The van der Waals surface area contributed by atoms with E-state index in [0.29, 0.717) is 10.0 Å². The van der Waals surface area contributed by atoms with Crippen molar-refractivity contribution in [1.29, 1.82) is 0 Å². The van der Waals surface area contributed by atoms with Gasteiger partial charge in [-0.05, 0) is 35.8 Å². The molecule has 0 bridgehead atoms. The number of hydrogen-bond donors (Lipinski definition) is 1. The topological polar surface area (TPSA) is 98.5 Å². The minimum absolute atomic E-state index is 0.0709. The summed E-state index contributed by atoms with van der Waals surface area (Å²) in [6, 6.07) is 2.66. The van der Waals surface area contributed by atoms with Crippen LogP contribution >= 0.6 is 15.9 Å². The number of hydrogen-bond acceptors (Lipinski definition) is 5. The first-order chi connectivity index (χ1) is 8.86. The molecular formula is C11H11BrN2O5. The Balaban J connectivity index is 3.01. The van der Waals surface area contributed by atoms with E-state index in [1.54, 1.807) is 13.8 Å². The van der Waals surface area contributed by atoms with Gasteiger partial charge in [0.05, 0.1) is 17.2 Å². The van der Waals surface area contributed by atoms with Crippen LogP contribution in [0.3, 0.4) is 0 Å². The molecule has 0 saturated heterocycles. The molecule has 19 heavy (non-hydrogen) atoms. The van der Waals surface area contributed by atoms with Gasteiger partial charge in [-0.25, -0.2) is 4.79 Å². The van der Waals surface area contributed by atoms with Gasteiger partial charge in [0.2, 0.25) is 0 Å². The third kappa shape index (κ3) is 3.75. The van der Waals surface area contributed by atoms with E-state index in [9.17, 15) is 19.7 Å². The molecule has 0 aromatic heterocycles. The molecule has 0 atom stereocenters. The molecule has 0 unspecified atom stereocenters. The van der Waals surface area contributed by atoms with Crippen molar-refractivity contribution in [3.63, 3.8) is 0 Å². The molecule has 0 radical (unpaired) electrons. The first-order valence-corrected chi connectivity index (χ1v) is 6.08. The molecule has 1 aromatic carbocycles. The third-order valence-electron chi connectivity index (χ3n) is 2.19. The molecule has 102 valence electrons. The molecule has 1 rings (SSSR count). The average molecular weight is 331 g/mol. The highest BCUT2D eigenvalue weighted by Crippen LogP contribution is 2.30. The van der Waals surface area contributed by atoms with Crippen LogP contribution in [0, 0.1) is 17.0 Å². The second-order valence-electron chi connectivity index (χ2n) is 3.55. The smallest absolute Gasteiger partial charge is 0.397 e. The second-order valence-corrected chi connectivity index (χ2v) is 4.40. The van der Waals surface area contributed by atoms with Gasteiger partial charge in [0.1, 0.15) is 0 Å². The summed E-state index contributed by atoms with van der Waals surface area (Å²) in [4.78, 5) is 32.8. The summed E-state index contributed by atoms with van der Waals surface area (Å²) in [6.07, 6.45) is 0. The van der Waals surface area contributed by atoms with E-state index in [0.717, 1.165) is 0 Å². The van der Waals surface area contributed by atoms with Gasteiger partial charge >= 0.3 is 11.9 Å². The van der Waals surface area contributed by atoms with Crippen LogP contribution in [0.1, 0.15) is 12.5 Å². The number of nitro benzene ring substituents is 1. The van der Waals surface area contributed by atoms with Gasteiger partial charge in [-0.2, -0.15) is 0 Å². The minimum atomic E-state index is -1.04. The summed E-state index contributed by atoms with van der Waals surface area (Å²) >= 11 is 3.16. The van der Waals surface area contributed by atoms with E-state index in [4.69, 9.17) is 0 Å². The summed E-state index contributed by atoms with van der Waals surface area (Å²) in [5.41, 5.74) is 0.420. The third-order valence-corrected chi connectivity index (χ3v) is 2.85. The van der Waals surface area contributed by atoms with Gasteiger partial charge in [0.15, 0.2) is 0 Å². The zero-order chi connectivity index (χ0) is 14.6. The van der Waals surface area contributed by atoms with Crippen LogP contribution < -0.4 is 5.32 Å². The van der Waals surface area contributed by atoms with E-state index in [1.807, 2.05) is 0 Å². The Morgan fingerprint density at radius 2 is 2.11 bits per heavy atom. The molecule has 1 amide bonds. The SMILES string of the molecule is CCOC(=O)C(=O)Nc1cc([N+](=O)[O-])c(C)cc1Br. The number of ether oxygens (including phenoxy) is 1. The van der Waals surface area contributed by atoms with Crippen LogP contribution in [-0.2, 0) is 14.3 Å². The molecule has 0 spiro atoms. The second kappa shape index (κ2) is 6.28. The Morgan fingerprint density at radius 1 is 1.47 bits per heavy atom. The number of nitrogens with zero attached hydrogens (tertiary/aromatic N) is 1. The first kappa shape index (κ1) is 15.1. The summed E-state index contributed by atoms with van der Waals surface area (Å²) in [5.74, 6) is -2.03. The molecular weight excluding hydrogens is 320 g/mol. The lowest BCUT2D eigenvalue weighted by Crippen LogP contribution is -2.25. The molecule has 1 aromatic rings. The predicted octanol–water partition coefficient (Wildman–Crippen LogP) is 2.17. The number of aryl methyl sites for hydroxylation is 1. The number of esters is 1. The molecule has 0 aliphatic rings. The maximum absolute atomic E-state index is 11.4. The molecule has 0 aliphatic heterocycles. The van der Waals surface area contributed by atoms with Gasteiger partial charge in [0, 0.05) is 16.1 Å². The standard InChI is InChI=1S/C11H11BrN2O5/c1-3-19-11(16)10(15)13-8-5-9(14(17)18)6(2)4-7(8)12/h4-5H,3H2,1-2H3,(H,13,15). The first-order valence-electron chi connectivity index (χ1n) is 5.29. The minimum Gasteiger partial charge on any atom is -0.459 e. The van der Waals surface area contributed by atoms with Crippen molar-refractivity contribution in [2.75, 3.05) is 11.9 Å². The van der Waals surface area contributed by atoms with E-state index >= 15 is 0 Å². The monoisotopic (exact) mass is 330 g/mol. The fourth-order valence-corrected chi connectivity index (χ4v) is 1.88. The summed E-state index contributed by atoms with van der Waals surface area (Å²) in [7, 11) is 0. The van der Waals surface area contributed by atoms with E-state index in [-0.39, 0.29) is 18.0 Å². The van der Waals surface area contributed by atoms with Crippen LogP contribution in [0.15, 0.2) is 16.6 Å². The zero-order valence-corrected chi connectivity index (χ0v) is 11.8. The number of carbonyl (C=O) groups is 2. The van der Waals surface area contributed by atoms with Crippen LogP contribution in [0.4, 0.5) is 11.4 Å². The lowest BCUT2D eigenvalue weighted by molar-refractivity contribution is -0.385. The Bertz CT molecular complexity index is 544. The quantitative estimate of drug-likeness (QED) is 0.396. The molecule has 1 N–H and O–H groups in total. The highest BCUT2D eigenvalue weighted by Gasteiger charge is 2.19. The predicted molar refractivity (Wildman–Crippen MR) is 70.8 cm³/mol. The van der Waals surface area contributed by atoms with Gasteiger partial charge in [-0.15, -0.1) is 0 Å². The van der Waals surface area contributed by atoms with Crippen LogP contribution in [0.2, 0.25) is 0 Å². The molecule has 0 heterocycles. The molecule has 0 aliphatic carbocycles. The van der Waals surface area contributed by atoms with Crippen molar-refractivity contribution < 1.29 is 19.2 Å². The zero-order valence-electron chi connectivity index (χ0n) is 10.2. The lowest BCUT2D eigenvalue weighted by Gasteiger charge is -2.08. The van der Waals surface area contributed by atoms with Gasteiger partial charge < -0.3 is 10.1 Å². The maximum Gasteiger partial charge on any atom is 0.397 e. The molecule has 8 heteroatoms. The lowest BCUT2D eigenvalue weighted by atomic mass is 10.2. The Morgan fingerprint density at radius 3 is 2.63 bits per heavy atom. The van der Waals surface area contributed by atoms with Gasteiger partial charge in [-0.1, -0.05) is 0 Å². The van der Waals surface area contributed by atoms with Crippen LogP contribution in [0.5, 0.6) is 0 Å². The van der Waals surface area contributed by atoms with Crippen molar-refractivity contribution >= 4 is 39.2 Å². The van der Waals surface area contributed by atoms with E-state index in [1.165, 1.54) is 12.1 Å². The molecule has 7 nitrogen and oxygen atoms in total. The van der Waals surface area contributed by atoms with Crippen LogP contribution in [0.25, 0.3) is 0 Å². The van der Waals surface area contributed by atoms with Crippen LogP contribution in [-0.4, -0.2) is 23.4 Å². The Labute approximate surface area is 117 Å². The Hall–Kier alpha value is -1.96. The maximum atomic E-state index is 11.4. The largest absolute Gasteiger partial charge is 0.459 e. The number of halogens is 1. The summed E-state index contributed by atoms with van der Waals surface area (Å²) < 4.78 is 4.96. The van der Waals surface area contributed by atoms with Gasteiger partial charge in [-0.3, -0.25) is 14.9 Å². The van der Waals surface area contributed by atoms with Gasteiger partial charge in [0.25, 0.3) is 5.69 Å². The number of anilines is 1. The number of nitrogens with one attached hydrogen (secondary N) is 1. The highest BCUT2D eigenvalue weighted by molar-refractivity contribution is 9.10. The van der Waals surface area contributed by atoms with Crippen molar-refractivity contribution in [3.8, 4) is 0 Å². The number of carbonyl (C=O) groups excluding carboxylic acids is 2. The van der Waals surface area contributed by atoms with E-state index in [2.05, 4.69) is 26.0 Å². The summed E-state index contributed by atoms with van der Waals surface area (Å²) in [5, 5.41) is 13.0.